The van der Waals surface area contributed by atoms with Crippen LogP contribution in [0.1, 0.15) is 6.42 Å². The molecule has 1 amide bonds. The molecule has 0 aromatic rings. The third-order valence-electron chi connectivity index (χ3n) is 2.71. The van der Waals surface area contributed by atoms with E-state index in [2.05, 4.69) is 16.6 Å². The Morgan fingerprint density at radius 3 is 2.65 bits per heavy atom. The Labute approximate surface area is 98.9 Å². The van der Waals surface area contributed by atoms with Gasteiger partial charge in [0, 0.05) is 6.04 Å². The van der Waals surface area contributed by atoms with Gasteiger partial charge in [-0.15, -0.1) is 0 Å². The van der Waals surface area contributed by atoms with Gasteiger partial charge in [0.15, 0.2) is 0 Å². The number of aliphatic hydroxyl groups excluding tert-OH is 3. The summed E-state index contributed by atoms with van der Waals surface area (Å²) in [5, 5.41) is 30.9. The first-order valence-electron chi connectivity index (χ1n) is 5.31. The van der Waals surface area contributed by atoms with Gasteiger partial charge in [-0.05, 0) is 6.42 Å². The highest BCUT2D eigenvalue weighted by molar-refractivity contribution is 5.67. The summed E-state index contributed by atoms with van der Waals surface area (Å²) in [5.41, 5.74) is 5.57. The fourth-order valence-electron chi connectivity index (χ4n) is 1.74. The molecule has 1 saturated carbocycles. The number of alkyl carbamates (subject to hydrolysis) is 1. The minimum absolute atomic E-state index is 0.0475. The van der Waals surface area contributed by atoms with Crippen molar-refractivity contribution >= 4 is 6.09 Å². The molecule has 6 N–H and O–H groups in total. The number of ether oxygens (including phenoxy) is 1. The van der Waals surface area contributed by atoms with E-state index in [0.717, 1.165) is 0 Å². The molecule has 0 spiro atoms. The number of amides is 1. The Morgan fingerprint density at radius 2 is 2.06 bits per heavy atom. The highest BCUT2D eigenvalue weighted by Crippen LogP contribution is 2.19. The first-order valence-corrected chi connectivity index (χ1v) is 5.31. The Kier molecular flexibility index (Phi) is 4.88. The molecule has 0 saturated heterocycles. The summed E-state index contributed by atoms with van der Waals surface area (Å²) in [6, 6.07) is -1.46. The molecule has 5 atom stereocenters. The monoisotopic (exact) mass is 246 g/mol. The van der Waals surface area contributed by atoms with Gasteiger partial charge in [0.2, 0.25) is 0 Å². The second-order valence-corrected chi connectivity index (χ2v) is 4.01. The van der Waals surface area contributed by atoms with E-state index in [0.29, 0.717) is 0 Å². The summed E-state index contributed by atoms with van der Waals surface area (Å²) in [5.74, 6) is 0. The standard InChI is InChI=1S/C10H18N2O5/c1-2-3-17-10(16)12-6-4-5(11)7(13)9(15)8(6)14/h2,5-9,13-15H,1,3-4,11H2,(H,12,16)/t5-,6+,7+,8-,9-/m1/s1. The summed E-state index contributed by atoms with van der Waals surface area (Å²) < 4.78 is 4.68. The molecule has 1 fully saturated rings. The van der Waals surface area contributed by atoms with Crippen molar-refractivity contribution in [2.75, 3.05) is 6.61 Å². The Hall–Kier alpha value is -1.15. The minimum Gasteiger partial charge on any atom is -0.445 e. The fourth-order valence-corrected chi connectivity index (χ4v) is 1.74. The van der Waals surface area contributed by atoms with Crippen LogP contribution in [0.3, 0.4) is 0 Å². The van der Waals surface area contributed by atoms with Crippen LogP contribution in [0.5, 0.6) is 0 Å². The van der Waals surface area contributed by atoms with E-state index < -0.39 is 36.5 Å². The molecule has 17 heavy (non-hydrogen) atoms. The summed E-state index contributed by atoms with van der Waals surface area (Å²) in [6.07, 6.45) is -3.04. The second-order valence-electron chi connectivity index (χ2n) is 4.01. The van der Waals surface area contributed by atoms with Crippen molar-refractivity contribution in [1.29, 1.82) is 0 Å². The SMILES string of the molecule is C=CCOC(=O)N[C@H]1C[C@@H](N)[C@H](O)[C@@H](O)[C@@H]1O. The molecule has 0 aromatic heterocycles. The maximum atomic E-state index is 11.2. The van der Waals surface area contributed by atoms with Gasteiger partial charge in [-0.3, -0.25) is 0 Å². The van der Waals surface area contributed by atoms with E-state index in [1.54, 1.807) is 0 Å². The first-order chi connectivity index (χ1) is 7.97. The van der Waals surface area contributed by atoms with Crippen LogP contribution in [0, 0.1) is 0 Å². The lowest BCUT2D eigenvalue weighted by atomic mass is 9.84. The number of carbonyl (C=O) groups is 1. The van der Waals surface area contributed by atoms with Crippen LogP contribution in [0.2, 0.25) is 0 Å². The second kappa shape index (κ2) is 5.97. The van der Waals surface area contributed by atoms with Crippen molar-refractivity contribution in [2.45, 2.75) is 36.8 Å². The van der Waals surface area contributed by atoms with E-state index >= 15 is 0 Å². The Morgan fingerprint density at radius 1 is 1.41 bits per heavy atom. The Bertz CT molecular complexity index is 286. The zero-order valence-corrected chi connectivity index (χ0v) is 9.32. The van der Waals surface area contributed by atoms with Crippen molar-refractivity contribution in [2.24, 2.45) is 5.73 Å². The number of nitrogens with one attached hydrogen (secondary N) is 1. The zero-order chi connectivity index (χ0) is 13.0. The molecule has 7 heteroatoms. The lowest BCUT2D eigenvalue weighted by molar-refractivity contribution is -0.105. The largest absolute Gasteiger partial charge is 0.445 e. The van der Waals surface area contributed by atoms with Crippen LogP contribution in [0.25, 0.3) is 0 Å². The number of rotatable bonds is 3. The Balaban J connectivity index is 2.53. The van der Waals surface area contributed by atoms with E-state index in [9.17, 15) is 20.1 Å². The lowest BCUT2D eigenvalue weighted by Crippen LogP contribution is -2.63. The number of aliphatic hydroxyl groups is 3. The predicted molar refractivity (Wildman–Crippen MR) is 59.1 cm³/mol. The topological polar surface area (TPSA) is 125 Å². The summed E-state index contributed by atoms with van der Waals surface area (Å²) >= 11 is 0. The van der Waals surface area contributed by atoms with E-state index in [1.807, 2.05) is 0 Å². The van der Waals surface area contributed by atoms with Gasteiger partial charge in [0.05, 0.1) is 12.1 Å². The van der Waals surface area contributed by atoms with Crippen molar-refractivity contribution in [1.82, 2.24) is 5.32 Å². The van der Waals surface area contributed by atoms with E-state index in [-0.39, 0.29) is 13.0 Å². The average molecular weight is 246 g/mol. The van der Waals surface area contributed by atoms with Gasteiger partial charge < -0.3 is 31.1 Å². The molecule has 1 aliphatic carbocycles. The van der Waals surface area contributed by atoms with Crippen molar-refractivity contribution in [3.05, 3.63) is 12.7 Å². The van der Waals surface area contributed by atoms with Crippen LogP contribution in [-0.4, -0.2) is 58.4 Å². The highest BCUT2D eigenvalue weighted by atomic mass is 16.5. The number of hydrogen-bond donors (Lipinski definition) is 5. The summed E-state index contributed by atoms with van der Waals surface area (Å²) in [6.45, 7) is 3.43. The smallest absolute Gasteiger partial charge is 0.407 e. The zero-order valence-electron chi connectivity index (χ0n) is 9.32. The molecule has 0 radical (unpaired) electrons. The molecule has 0 bridgehead atoms. The van der Waals surface area contributed by atoms with Crippen LogP contribution in [-0.2, 0) is 4.74 Å². The molecule has 0 heterocycles. The van der Waals surface area contributed by atoms with E-state index in [1.165, 1.54) is 6.08 Å². The van der Waals surface area contributed by atoms with Gasteiger partial charge >= 0.3 is 6.09 Å². The molecule has 98 valence electrons. The summed E-state index contributed by atoms with van der Waals surface area (Å²) in [4.78, 5) is 11.2. The van der Waals surface area contributed by atoms with E-state index in [4.69, 9.17) is 5.73 Å². The van der Waals surface area contributed by atoms with Gasteiger partial charge in [-0.2, -0.15) is 0 Å². The molecular formula is C10H18N2O5. The molecule has 7 nitrogen and oxygen atoms in total. The predicted octanol–water partition coefficient (Wildman–Crippen LogP) is -1.92. The summed E-state index contributed by atoms with van der Waals surface area (Å²) in [7, 11) is 0. The molecule has 1 rings (SSSR count). The van der Waals surface area contributed by atoms with Gasteiger partial charge in [-0.1, -0.05) is 12.7 Å². The lowest BCUT2D eigenvalue weighted by Gasteiger charge is -2.38. The molecule has 0 aliphatic heterocycles. The molecular weight excluding hydrogens is 228 g/mol. The normalized spacial score (nSPS) is 37.3. The average Bonchev–Trinajstić information content (AvgIpc) is 2.30. The van der Waals surface area contributed by atoms with Crippen LogP contribution in [0.4, 0.5) is 4.79 Å². The quantitative estimate of drug-likeness (QED) is 0.370. The van der Waals surface area contributed by atoms with Crippen molar-refractivity contribution < 1.29 is 24.9 Å². The van der Waals surface area contributed by atoms with Crippen LogP contribution in [0.15, 0.2) is 12.7 Å². The molecule has 0 aromatic carbocycles. The minimum atomic E-state index is -1.39. The van der Waals surface area contributed by atoms with Crippen LogP contribution < -0.4 is 11.1 Å². The number of hydrogen-bond acceptors (Lipinski definition) is 6. The van der Waals surface area contributed by atoms with Gasteiger partial charge in [0.25, 0.3) is 0 Å². The van der Waals surface area contributed by atoms with Crippen molar-refractivity contribution in [3.63, 3.8) is 0 Å². The van der Waals surface area contributed by atoms with Crippen molar-refractivity contribution in [3.8, 4) is 0 Å². The third-order valence-corrected chi connectivity index (χ3v) is 2.71. The maximum absolute atomic E-state index is 11.2. The van der Waals surface area contributed by atoms with Gasteiger partial charge in [-0.25, -0.2) is 4.79 Å². The van der Waals surface area contributed by atoms with Crippen LogP contribution >= 0.6 is 0 Å². The maximum Gasteiger partial charge on any atom is 0.407 e. The molecule has 0 unspecified atom stereocenters. The fraction of sp³-hybridized carbons (Fsp3) is 0.700. The highest BCUT2D eigenvalue weighted by Gasteiger charge is 2.41. The number of nitrogens with two attached hydrogens (primary N) is 1. The number of carbonyl (C=O) groups excluding carboxylic acids is 1. The molecule has 1 aliphatic rings. The van der Waals surface area contributed by atoms with Gasteiger partial charge in [0.1, 0.15) is 18.8 Å². The third kappa shape index (κ3) is 3.40. The first kappa shape index (κ1) is 13.9.